The van der Waals surface area contributed by atoms with E-state index in [4.69, 9.17) is 10.8 Å². The van der Waals surface area contributed by atoms with Gasteiger partial charge in [-0.3, -0.25) is 4.79 Å². The summed E-state index contributed by atoms with van der Waals surface area (Å²) in [6.07, 6.45) is 21.3. The Hall–Kier alpha value is 0.430. The van der Waals surface area contributed by atoms with Crippen molar-refractivity contribution in [2.45, 2.75) is 127 Å². The molecule has 26 heavy (non-hydrogen) atoms. The predicted octanol–water partition coefficient (Wildman–Crippen LogP) is 6.50. The molecule has 0 aliphatic heterocycles. The molecule has 0 radical (unpaired) electrons. The summed E-state index contributed by atoms with van der Waals surface area (Å²) in [6.45, 7) is 6.19. The first-order valence-corrected chi connectivity index (χ1v) is 12.8. The van der Waals surface area contributed by atoms with E-state index < -0.39 is 12.0 Å². The molecule has 1 atom stereocenters. The summed E-state index contributed by atoms with van der Waals surface area (Å²) in [5.41, 5.74) is 5.22. The van der Waals surface area contributed by atoms with Gasteiger partial charge in [0.1, 0.15) is 6.04 Å². The Labute approximate surface area is 181 Å². The molecular weight excluding hydrogens is 333 g/mol. The Morgan fingerprint density at radius 1 is 0.808 bits per heavy atom. The van der Waals surface area contributed by atoms with Crippen molar-refractivity contribution < 1.29 is 9.90 Å². The Morgan fingerprint density at radius 3 is 1.38 bits per heavy atom. The van der Waals surface area contributed by atoms with Crippen molar-refractivity contribution in [1.29, 1.82) is 0 Å². The van der Waals surface area contributed by atoms with Crippen molar-refractivity contribution in [3.63, 3.8) is 0 Å². The Kier molecular flexibility index (Phi) is 25.9. The van der Waals surface area contributed by atoms with Gasteiger partial charge in [0.2, 0.25) is 0 Å². The predicted molar refractivity (Wildman–Crippen MR) is 116 cm³/mol. The van der Waals surface area contributed by atoms with E-state index in [0.717, 1.165) is 0 Å². The summed E-state index contributed by atoms with van der Waals surface area (Å²) in [5.74, 6) is -0.556. The van der Waals surface area contributed by atoms with Gasteiger partial charge in [-0.05, 0) is 12.3 Å². The Bertz CT molecular complexity index is 271. The molecule has 1 unspecified atom stereocenters. The van der Waals surface area contributed by atoms with Crippen LogP contribution < -0.4 is 5.73 Å². The number of nitrogens with two attached hydrogens (primary N) is 1. The zero-order chi connectivity index (χ0) is 20.0. The van der Waals surface area contributed by atoms with Gasteiger partial charge in [-0.15, -0.1) is 0 Å². The number of unbranched alkanes of at least 4 members (excludes halogenated alkanes) is 13. The molecule has 0 saturated carbocycles. The first-order valence-electron chi connectivity index (χ1n) is 11.4. The van der Waals surface area contributed by atoms with Gasteiger partial charge in [0.15, 0.2) is 0 Å². The van der Waals surface area contributed by atoms with Gasteiger partial charge in [-0.2, -0.15) is 0 Å². The number of hydrogen-bond acceptors (Lipinski definition) is 2. The van der Waals surface area contributed by atoms with Crippen molar-refractivity contribution in [1.82, 2.24) is 0 Å². The standard InChI is InChI=1S/C16H33.C6H13NO2.Na/c1-3-5-7-9-11-13-15-16-14-12-10-8-6-4-2;1-4(2)3-5(7)6(8)9;/h1,3-16H2,2H3;4-5H,3,7H2,1-2H3,(H,8,9);. The van der Waals surface area contributed by atoms with E-state index >= 15 is 0 Å². The summed E-state index contributed by atoms with van der Waals surface area (Å²) in [7, 11) is 0. The third-order valence-electron chi connectivity index (χ3n) is 4.75. The quantitative estimate of drug-likeness (QED) is 0.224. The maximum absolute atomic E-state index is 10.1. The van der Waals surface area contributed by atoms with Gasteiger partial charge in [0, 0.05) is 0 Å². The summed E-state index contributed by atoms with van der Waals surface area (Å²) in [4.78, 5) is 10.1. The molecule has 0 aromatic carbocycles. The Morgan fingerprint density at radius 2 is 1.15 bits per heavy atom. The molecule has 0 aliphatic carbocycles. The van der Waals surface area contributed by atoms with Crippen LogP contribution in [0, 0.1) is 5.92 Å². The van der Waals surface area contributed by atoms with Crippen LogP contribution in [-0.2, 0) is 4.79 Å². The third kappa shape index (κ3) is 26.7. The van der Waals surface area contributed by atoms with Crippen molar-refractivity contribution in [3.05, 3.63) is 0 Å². The second kappa shape index (κ2) is 23.5. The van der Waals surface area contributed by atoms with Crippen LogP contribution in [0.4, 0.5) is 0 Å². The number of aliphatic carboxylic acids is 1. The maximum atomic E-state index is 10.1. The molecule has 0 amide bonds. The van der Waals surface area contributed by atoms with E-state index in [-0.39, 0.29) is 0 Å². The van der Waals surface area contributed by atoms with Crippen LogP contribution in [0.15, 0.2) is 0 Å². The number of carboxylic acid groups (broad SMARTS) is 1. The van der Waals surface area contributed by atoms with Crippen molar-refractivity contribution >= 4 is 33.9 Å². The summed E-state index contributed by atoms with van der Waals surface area (Å²) in [6, 6.07) is -0.690. The minimum atomic E-state index is -0.913. The molecule has 0 heterocycles. The number of hydrogen-bond donors (Lipinski definition) is 2. The number of carbonyl (C=O) groups is 1. The van der Waals surface area contributed by atoms with Crippen LogP contribution in [0.5, 0.6) is 0 Å². The molecule has 3 N–H and O–H groups in total. The van der Waals surface area contributed by atoms with E-state index in [9.17, 15) is 4.79 Å². The summed E-state index contributed by atoms with van der Waals surface area (Å²) in [5, 5.41) is 8.31. The molecule has 0 rings (SSSR count). The van der Waals surface area contributed by atoms with E-state index in [1.54, 1.807) is 0 Å². The third-order valence-corrected chi connectivity index (χ3v) is 5.46. The molecule has 0 aliphatic rings. The van der Waals surface area contributed by atoms with Crippen LogP contribution in [0.1, 0.15) is 117 Å². The topological polar surface area (TPSA) is 63.3 Å². The SMILES string of the molecule is CC(C)CC(N)C(=O)O.CCCCCCCCCCCCCCC[CH2][Na]. The fourth-order valence-electron chi connectivity index (χ4n) is 3.05. The van der Waals surface area contributed by atoms with Crippen molar-refractivity contribution in [3.8, 4) is 0 Å². The van der Waals surface area contributed by atoms with Gasteiger partial charge < -0.3 is 10.8 Å². The van der Waals surface area contributed by atoms with Crippen LogP contribution in [0.25, 0.3) is 0 Å². The van der Waals surface area contributed by atoms with Gasteiger partial charge >= 0.3 is 108 Å². The Balaban J connectivity index is 0. The fraction of sp³-hybridized carbons (Fsp3) is 0.955. The molecule has 0 spiro atoms. The molecule has 152 valence electrons. The second-order valence-corrected chi connectivity index (χ2v) is 9.17. The minimum absolute atomic E-state index is 0.357. The second-order valence-electron chi connectivity index (χ2n) is 8.17. The average Bonchev–Trinajstić information content (AvgIpc) is 2.59. The molecule has 4 heteroatoms. The monoisotopic (exact) mass is 379 g/mol. The zero-order valence-corrected chi connectivity index (χ0v) is 20.4. The van der Waals surface area contributed by atoms with Crippen LogP contribution in [0.3, 0.4) is 0 Å². The van der Waals surface area contributed by atoms with Crippen LogP contribution in [-0.4, -0.2) is 45.0 Å². The van der Waals surface area contributed by atoms with E-state index in [1.807, 2.05) is 13.8 Å². The molecule has 3 nitrogen and oxygen atoms in total. The average molecular weight is 380 g/mol. The summed E-state index contributed by atoms with van der Waals surface area (Å²) < 4.78 is 1.51. The van der Waals surface area contributed by atoms with E-state index in [1.165, 1.54) is 121 Å². The first kappa shape index (κ1) is 28.6. The number of carboxylic acids is 1. The summed E-state index contributed by atoms with van der Waals surface area (Å²) >= 11 is 1.41. The zero-order valence-electron chi connectivity index (χ0n) is 18.4. The molecule has 0 saturated heterocycles. The molecule has 0 aromatic rings. The number of rotatable bonds is 17. The van der Waals surface area contributed by atoms with Crippen molar-refractivity contribution in [2.75, 3.05) is 0 Å². The van der Waals surface area contributed by atoms with Crippen molar-refractivity contribution in [2.24, 2.45) is 11.7 Å². The van der Waals surface area contributed by atoms with Gasteiger partial charge in [0.25, 0.3) is 0 Å². The van der Waals surface area contributed by atoms with Gasteiger partial charge in [-0.25, -0.2) is 0 Å². The molecule has 0 bridgehead atoms. The van der Waals surface area contributed by atoms with E-state index in [2.05, 4.69) is 6.92 Å². The molecule has 0 fully saturated rings. The molecular formula is C22H46NNaO2. The molecule has 0 aromatic heterocycles. The van der Waals surface area contributed by atoms with Gasteiger partial charge in [-0.1, -0.05) is 40.0 Å². The van der Waals surface area contributed by atoms with E-state index in [0.29, 0.717) is 12.3 Å². The fourth-order valence-corrected chi connectivity index (χ4v) is 3.55. The van der Waals surface area contributed by atoms with Gasteiger partial charge in [0.05, 0.1) is 0 Å². The normalized spacial score (nSPS) is 12.0. The van der Waals surface area contributed by atoms with Crippen LogP contribution in [0.2, 0.25) is 3.67 Å². The van der Waals surface area contributed by atoms with Crippen LogP contribution >= 0.6 is 0 Å². The first-order chi connectivity index (χ1) is 12.5.